The van der Waals surface area contributed by atoms with E-state index in [1.807, 2.05) is 0 Å². The molecule has 5 heteroatoms. The number of hydrogen-bond acceptors (Lipinski definition) is 4. The summed E-state index contributed by atoms with van der Waals surface area (Å²) in [7, 11) is 2.16. The number of ether oxygens (including phenoxy) is 1. The Morgan fingerprint density at radius 1 is 1.47 bits per heavy atom. The van der Waals surface area contributed by atoms with Gasteiger partial charge in [0.25, 0.3) is 5.56 Å². The summed E-state index contributed by atoms with van der Waals surface area (Å²) >= 11 is 0. The number of H-pyrrole nitrogens is 1. The van der Waals surface area contributed by atoms with Crippen LogP contribution in [0.15, 0.2) is 10.9 Å². The fourth-order valence-electron chi connectivity index (χ4n) is 2.72. The molecule has 3 rings (SSSR count). The van der Waals surface area contributed by atoms with Gasteiger partial charge in [-0.25, -0.2) is 0 Å². The van der Waals surface area contributed by atoms with E-state index < -0.39 is 0 Å². The predicted molar refractivity (Wildman–Crippen MR) is 72.6 cm³/mol. The third-order valence-corrected chi connectivity index (χ3v) is 4.07. The average molecular weight is 263 g/mol. The standard InChI is InChI=1S/C14H21N3O2/c1-17-7-2-3-11(17)6-8-19-13-9-12(18)15-14(16-13)10-4-5-10/h9-11H,2-8H2,1H3,(H,15,16,18). The molecule has 19 heavy (non-hydrogen) atoms. The molecule has 1 atom stereocenters. The average Bonchev–Trinajstić information content (AvgIpc) is 3.14. The van der Waals surface area contributed by atoms with E-state index in [-0.39, 0.29) is 5.56 Å². The summed E-state index contributed by atoms with van der Waals surface area (Å²) in [4.78, 5) is 21.1. The van der Waals surface area contributed by atoms with Gasteiger partial charge in [-0.2, -0.15) is 4.98 Å². The summed E-state index contributed by atoms with van der Waals surface area (Å²) in [6, 6.07) is 2.06. The van der Waals surface area contributed by atoms with Crippen molar-refractivity contribution in [1.82, 2.24) is 14.9 Å². The minimum Gasteiger partial charge on any atom is -0.477 e. The normalized spacial score (nSPS) is 23.7. The topological polar surface area (TPSA) is 58.2 Å². The molecule has 1 aliphatic heterocycles. The molecule has 1 N–H and O–H groups in total. The molecule has 2 fully saturated rings. The highest BCUT2D eigenvalue weighted by Crippen LogP contribution is 2.37. The fourth-order valence-corrected chi connectivity index (χ4v) is 2.72. The minimum absolute atomic E-state index is 0.107. The second-order valence-corrected chi connectivity index (χ2v) is 5.66. The monoisotopic (exact) mass is 263 g/mol. The molecule has 0 radical (unpaired) electrons. The van der Waals surface area contributed by atoms with Gasteiger partial charge in [-0.1, -0.05) is 0 Å². The van der Waals surface area contributed by atoms with Crippen molar-refractivity contribution in [2.24, 2.45) is 0 Å². The number of rotatable bonds is 5. The van der Waals surface area contributed by atoms with Crippen molar-refractivity contribution in [1.29, 1.82) is 0 Å². The summed E-state index contributed by atoms with van der Waals surface area (Å²) in [5.74, 6) is 1.71. The van der Waals surface area contributed by atoms with Crippen molar-refractivity contribution < 1.29 is 4.74 Å². The maximum Gasteiger partial charge on any atom is 0.254 e. The van der Waals surface area contributed by atoms with Crippen molar-refractivity contribution in [3.8, 4) is 5.88 Å². The minimum atomic E-state index is -0.107. The Hall–Kier alpha value is -1.36. The molecule has 2 heterocycles. The molecule has 1 aromatic heterocycles. The summed E-state index contributed by atoms with van der Waals surface area (Å²) in [6.07, 6.45) is 5.77. The highest BCUT2D eigenvalue weighted by atomic mass is 16.5. The number of nitrogens with one attached hydrogen (secondary N) is 1. The first-order chi connectivity index (χ1) is 9.22. The Labute approximate surface area is 113 Å². The van der Waals surface area contributed by atoms with Crippen LogP contribution in [0.2, 0.25) is 0 Å². The lowest BCUT2D eigenvalue weighted by molar-refractivity contribution is 0.228. The third-order valence-electron chi connectivity index (χ3n) is 4.07. The van der Waals surface area contributed by atoms with Crippen LogP contribution in [-0.2, 0) is 0 Å². The number of nitrogens with zero attached hydrogens (tertiary/aromatic N) is 2. The third kappa shape index (κ3) is 3.15. The van der Waals surface area contributed by atoms with E-state index in [0.717, 1.165) is 25.1 Å². The highest BCUT2D eigenvalue weighted by Gasteiger charge is 2.26. The van der Waals surface area contributed by atoms with Gasteiger partial charge in [0.2, 0.25) is 5.88 Å². The van der Waals surface area contributed by atoms with E-state index in [0.29, 0.717) is 24.4 Å². The zero-order valence-electron chi connectivity index (χ0n) is 11.4. The molecule has 0 aromatic carbocycles. The molecule has 1 saturated heterocycles. The smallest absolute Gasteiger partial charge is 0.254 e. The predicted octanol–water partition coefficient (Wildman–Crippen LogP) is 1.51. The largest absolute Gasteiger partial charge is 0.477 e. The summed E-state index contributed by atoms with van der Waals surface area (Å²) in [6.45, 7) is 1.81. The zero-order valence-corrected chi connectivity index (χ0v) is 11.4. The summed E-state index contributed by atoms with van der Waals surface area (Å²) in [5, 5.41) is 0. The molecule has 1 saturated carbocycles. The van der Waals surface area contributed by atoms with E-state index in [1.54, 1.807) is 0 Å². The van der Waals surface area contributed by atoms with E-state index in [4.69, 9.17) is 4.74 Å². The first-order valence-corrected chi connectivity index (χ1v) is 7.16. The quantitative estimate of drug-likeness (QED) is 0.875. The molecular weight excluding hydrogens is 242 g/mol. The molecule has 104 valence electrons. The van der Waals surface area contributed by atoms with Gasteiger partial charge < -0.3 is 14.6 Å². The lowest BCUT2D eigenvalue weighted by atomic mass is 10.1. The lowest BCUT2D eigenvalue weighted by Gasteiger charge is -2.19. The fraction of sp³-hybridized carbons (Fsp3) is 0.714. The van der Waals surface area contributed by atoms with Gasteiger partial charge in [0, 0.05) is 12.0 Å². The van der Waals surface area contributed by atoms with Crippen LogP contribution in [0.25, 0.3) is 0 Å². The number of aromatic amines is 1. The first kappa shape index (κ1) is 12.7. The van der Waals surface area contributed by atoms with Crippen LogP contribution in [-0.4, -0.2) is 41.1 Å². The molecule has 1 unspecified atom stereocenters. The molecule has 5 nitrogen and oxygen atoms in total. The second-order valence-electron chi connectivity index (χ2n) is 5.66. The van der Waals surface area contributed by atoms with Crippen LogP contribution in [0.3, 0.4) is 0 Å². The van der Waals surface area contributed by atoms with Gasteiger partial charge in [0.15, 0.2) is 0 Å². The van der Waals surface area contributed by atoms with Crippen molar-refractivity contribution in [2.75, 3.05) is 20.2 Å². The van der Waals surface area contributed by atoms with E-state index in [1.165, 1.54) is 25.5 Å². The summed E-state index contributed by atoms with van der Waals surface area (Å²) in [5.41, 5.74) is -0.107. The van der Waals surface area contributed by atoms with Crippen molar-refractivity contribution in [2.45, 2.75) is 44.1 Å². The Morgan fingerprint density at radius 3 is 3.00 bits per heavy atom. The van der Waals surface area contributed by atoms with Crippen molar-refractivity contribution >= 4 is 0 Å². The maximum absolute atomic E-state index is 11.5. The molecule has 0 bridgehead atoms. The molecular formula is C14H21N3O2. The van der Waals surface area contributed by atoms with E-state index in [9.17, 15) is 4.79 Å². The molecule has 0 spiro atoms. The lowest BCUT2D eigenvalue weighted by Crippen LogP contribution is -2.26. The van der Waals surface area contributed by atoms with Crippen LogP contribution >= 0.6 is 0 Å². The molecule has 1 aliphatic carbocycles. The molecule has 1 aromatic rings. The van der Waals surface area contributed by atoms with Gasteiger partial charge in [0.1, 0.15) is 5.82 Å². The SMILES string of the molecule is CN1CCCC1CCOc1cc(=O)[nH]c(C2CC2)n1. The van der Waals surface area contributed by atoms with Gasteiger partial charge in [-0.3, -0.25) is 4.79 Å². The van der Waals surface area contributed by atoms with Gasteiger partial charge in [-0.05, 0) is 45.7 Å². The van der Waals surface area contributed by atoms with Crippen LogP contribution in [0.1, 0.15) is 43.8 Å². The van der Waals surface area contributed by atoms with Crippen LogP contribution in [0, 0.1) is 0 Å². The van der Waals surface area contributed by atoms with Crippen molar-refractivity contribution in [3.63, 3.8) is 0 Å². The Bertz CT molecular complexity index is 496. The highest BCUT2D eigenvalue weighted by molar-refractivity contribution is 5.14. The Balaban J connectivity index is 1.56. The number of hydrogen-bond donors (Lipinski definition) is 1. The van der Waals surface area contributed by atoms with Gasteiger partial charge >= 0.3 is 0 Å². The number of aromatic nitrogens is 2. The van der Waals surface area contributed by atoms with Crippen LogP contribution < -0.4 is 10.3 Å². The Morgan fingerprint density at radius 2 is 2.32 bits per heavy atom. The summed E-state index contributed by atoms with van der Waals surface area (Å²) < 4.78 is 5.66. The van der Waals surface area contributed by atoms with E-state index >= 15 is 0 Å². The van der Waals surface area contributed by atoms with Crippen LogP contribution in [0.5, 0.6) is 5.88 Å². The zero-order chi connectivity index (χ0) is 13.2. The van der Waals surface area contributed by atoms with Crippen molar-refractivity contribution in [3.05, 3.63) is 22.2 Å². The van der Waals surface area contributed by atoms with E-state index in [2.05, 4.69) is 21.9 Å². The maximum atomic E-state index is 11.5. The van der Waals surface area contributed by atoms with Gasteiger partial charge in [0.05, 0.1) is 12.7 Å². The first-order valence-electron chi connectivity index (χ1n) is 7.16. The van der Waals surface area contributed by atoms with Gasteiger partial charge in [-0.15, -0.1) is 0 Å². The van der Waals surface area contributed by atoms with Crippen LogP contribution in [0.4, 0.5) is 0 Å². The second kappa shape index (κ2) is 5.33. The Kier molecular flexibility index (Phi) is 3.55. The molecule has 0 amide bonds. The number of likely N-dealkylation sites (tertiary alicyclic amines) is 1. The molecule has 2 aliphatic rings.